The summed E-state index contributed by atoms with van der Waals surface area (Å²) in [6.45, 7) is 4.35. The number of amides is 2. The highest BCUT2D eigenvalue weighted by Crippen LogP contribution is 2.41. The molecule has 3 aromatic rings. The number of rotatable bonds is 7. The van der Waals surface area contributed by atoms with Crippen molar-refractivity contribution in [2.24, 2.45) is 0 Å². The summed E-state index contributed by atoms with van der Waals surface area (Å²) in [7, 11) is 1.47. The summed E-state index contributed by atoms with van der Waals surface area (Å²) in [6, 6.07) is 11.5. The third-order valence-corrected chi connectivity index (χ3v) is 6.64. The maximum absolute atomic E-state index is 14.3. The molecule has 192 valence electrons. The van der Waals surface area contributed by atoms with Gasteiger partial charge in [-0.2, -0.15) is 4.39 Å². The first-order valence-electron chi connectivity index (χ1n) is 11.5. The smallest absolute Gasteiger partial charge is 0.340 e. The number of carboxylic acids is 1. The van der Waals surface area contributed by atoms with Gasteiger partial charge in [-0.3, -0.25) is 9.59 Å². The van der Waals surface area contributed by atoms with E-state index in [-0.39, 0.29) is 47.1 Å². The lowest BCUT2D eigenvalue weighted by Crippen LogP contribution is -2.66. The van der Waals surface area contributed by atoms with Gasteiger partial charge in [-0.15, -0.1) is 0 Å². The molecule has 1 aliphatic heterocycles. The summed E-state index contributed by atoms with van der Waals surface area (Å²) >= 11 is 5.98. The molecule has 2 amide bonds. The highest BCUT2D eigenvalue weighted by Gasteiger charge is 2.52. The number of aromatic carboxylic acids is 1. The number of hydrogen-bond donors (Lipinski definition) is 3. The van der Waals surface area contributed by atoms with Gasteiger partial charge in [0.1, 0.15) is 21.9 Å². The third kappa shape index (κ3) is 4.84. The molecule has 37 heavy (non-hydrogen) atoms. The minimum Gasteiger partial charge on any atom is -0.478 e. The lowest BCUT2D eigenvalue weighted by atomic mass is 9.69. The summed E-state index contributed by atoms with van der Waals surface area (Å²) in [6.07, 6.45) is 1.32. The molecule has 4 rings (SSSR count). The molecule has 1 fully saturated rings. The molecule has 3 N–H and O–H groups in total. The second kappa shape index (κ2) is 10.1. The van der Waals surface area contributed by atoms with Gasteiger partial charge in [0.05, 0.1) is 17.4 Å². The predicted molar refractivity (Wildman–Crippen MR) is 137 cm³/mol. The maximum atomic E-state index is 14.3. The number of anilines is 2. The van der Waals surface area contributed by atoms with Crippen LogP contribution in [0.25, 0.3) is 0 Å². The van der Waals surface area contributed by atoms with Crippen LogP contribution in [0.5, 0.6) is 0 Å². The molecule has 1 saturated heterocycles. The number of nitrogens with zero attached hydrogens (tertiary/aromatic N) is 3. The summed E-state index contributed by atoms with van der Waals surface area (Å²) in [5.74, 6) is -3.01. The first-order chi connectivity index (χ1) is 17.6. The average molecular weight is 526 g/mol. The summed E-state index contributed by atoms with van der Waals surface area (Å²) < 4.78 is 14.3. The zero-order valence-corrected chi connectivity index (χ0v) is 21.1. The number of nitrogens with one attached hydrogen (secondary N) is 2. The van der Waals surface area contributed by atoms with Crippen molar-refractivity contribution in [1.29, 1.82) is 0 Å². The molecular weight excluding hydrogens is 501 g/mol. The molecule has 0 saturated carbocycles. The molecule has 0 aliphatic carbocycles. The van der Waals surface area contributed by atoms with Gasteiger partial charge in [0.15, 0.2) is 0 Å². The fraction of sp³-hybridized carbons (Fsp3) is 0.269. The Bertz CT molecular complexity index is 1390. The standard InChI is InChI=1S/C26H25ClFN5O4/c1-14(2)15-6-4-5-7-18(15)26(12-33(13-26)21-9-8-16(24(35)36)22(28)32-21)25(37)31-19-11-30-20(27)10-17(19)23(34)29-3/h4-11,14H,12-13H2,1-3H3,(H,29,34)(H,31,37)(H,35,36). The lowest BCUT2D eigenvalue weighted by Gasteiger charge is -2.50. The number of hydrogen-bond acceptors (Lipinski definition) is 6. The van der Waals surface area contributed by atoms with Crippen molar-refractivity contribution in [3.8, 4) is 0 Å². The Labute approximate surface area is 217 Å². The SMILES string of the molecule is CNC(=O)c1cc(Cl)ncc1NC(=O)C1(c2ccccc2C(C)C)CN(c2ccc(C(=O)O)c(F)n2)C1. The molecule has 9 nitrogen and oxygen atoms in total. The van der Waals surface area contributed by atoms with Crippen molar-refractivity contribution in [2.75, 3.05) is 30.4 Å². The molecule has 1 aliphatic rings. The maximum Gasteiger partial charge on any atom is 0.340 e. The molecule has 0 radical (unpaired) electrons. The van der Waals surface area contributed by atoms with Crippen molar-refractivity contribution >= 4 is 40.9 Å². The van der Waals surface area contributed by atoms with E-state index in [4.69, 9.17) is 16.7 Å². The van der Waals surface area contributed by atoms with Crippen LogP contribution in [0.3, 0.4) is 0 Å². The van der Waals surface area contributed by atoms with Gasteiger partial charge in [-0.1, -0.05) is 49.7 Å². The first-order valence-corrected chi connectivity index (χ1v) is 11.9. The van der Waals surface area contributed by atoms with Crippen molar-refractivity contribution in [3.05, 3.63) is 82.0 Å². The number of aromatic nitrogens is 2. The second-order valence-corrected chi connectivity index (χ2v) is 9.47. The fourth-order valence-corrected chi connectivity index (χ4v) is 4.65. The van der Waals surface area contributed by atoms with E-state index < -0.39 is 28.8 Å². The van der Waals surface area contributed by atoms with Gasteiger partial charge in [-0.05, 0) is 35.2 Å². The highest BCUT2D eigenvalue weighted by molar-refractivity contribution is 6.30. The Morgan fingerprint density at radius 1 is 1.14 bits per heavy atom. The molecular formula is C26H25ClFN5O4. The number of pyridine rings is 2. The van der Waals surface area contributed by atoms with E-state index in [1.54, 1.807) is 4.90 Å². The van der Waals surface area contributed by atoms with Crippen LogP contribution < -0.4 is 15.5 Å². The van der Waals surface area contributed by atoms with E-state index in [2.05, 4.69) is 20.6 Å². The molecule has 0 unspecified atom stereocenters. The van der Waals surface area contributed by atoms with Crippen molar-refractivity contribution in [1.82, 2.24) is 15.3 Å². The van der Waals surface area contributed by atoms with E-state index in [1.807, 2.05) is 38.1 Å². The van der Waals surface area contributed by atoms with E-state index in [0.29, 0.717) is 0 Å². The van der Waals surface area contributed by atoms with Crippen LogP contribution in [0.2, 0.25) is 5.15 Å². The number of halogens is 2. The van der Waals surface area contributed by atoms with Crippen LogP contribution in [0.4, 0.5) is 15.9 Å². The number of carbonyl (C=O) groups excluding carboxylic acids is 2. The largest absolute Gasteiger partial charge is 0.478 e. The fourth-order valence-electron chi connectivity index (χ4n) is 4.49. The van der Waals surface area contributed by atoms with E-state index in [1.165, 1.54) is 25.4 Å². The molecule has 1 aromatic carbocycles. The molecule has 0 bridgehead atoms. The molecule has 2 aromatic heterocycles. The van der Waals surface area contributed by atoms with E-state index >= 15 is 0 Å². The summed E-state index contributed by atoms with van der Waals surface area (Å²) in [4.78, 5) is 47.0. The average Bonchev–Trinajstić information content (AvgIpc) is 2.84. The Balaban J connectivity index is 1.73. The molecule has 3 heterocycles. The van der Waals surface area contributed by atoms with Crippen LogP contribution in [-0.2, 0) is 10.2 Å². The van der Waals surface area contributed by atoms with Gasteiger partial charge in [0, 0.05) is 20.1 Å². The predicted octanol–water partition coefficient (Wildman–Crippen LogP) is 3.85. The zero-order chi connectivity index (χ0) is 26.9. The summed E-state index contributed by atoms with van der Waals surface area (Å²) in [5.41, 5.74) is 0.527. The van der Waals surface area contributed by atoms with Crippen molar-refractivity contribution in [2.45, 2.75) is 25.2 Å². The van der Waals surface area contributed by atoms with Gasteiger partial charge in [0.2, 0.25) is 11.9 Å². The van der Waals surface area contributed by atoms with Crippen LogP contribution in [0, 0.1) is 5.95 Å². The third-order valence-electron chi connectivity index (χ3n) is 6.43. The Kier molecular flexibility index (Phi) is 7.13. The minimum absolute atomic E-state index is 0.101. The second-order valence-electron chi connectivity index (χ2n) is 9.08. The van der Waals surface area contributed by atoms with Gasteiger partial charge in [-0.25, -0.2) is 14.8 Å². The van der Waals surface area contributed by atoms with Crippen molar-refractivity contribution in [3.63, 3.8) is 0 Å². The lowest BCUT2D eigenvalue weighted by molar-refractivity contribution is -0.122. The Morgan fingerprint density at radius 3 is 2.46 bits per heavy atom. The van der Waals surface area contributed by atoms with E-state index in [9.17, 15) is 18.8 Å². The number of carbonyl (C=O) groups is 3. The van der Waals surface area contributed by atoms with Gasteiger partial charge in [0.25, 0.3) is 5.91 Å². The summed E-state index contributed by atoms with van der Waals surface area (Å²) in [5, 5.41) is 14.6. The quantitative estimate of drug-likeness (QED) is 0.400. The molecule has 0 spiro atoms. The first kappa shape index (κ1) is 26.0. The van der Waals surface area contributed by atoms with Crippen LogP contribution in [0.15, 0.2) is 48.7 Å². The Hall–Kier alpha value is -4.05. The Morgan fingerprint density at radius 2 is 1.84 bits per heavy atom. The van der Waals surface area contributed by atoms with Crippen LogP contribution in [0.1, 0.15) is 51.6 Å². The van der Waals surface area contributed by atoms with Crippen molar-refractivity contribution < 1.29 is 23.9 Å². The van der Waals surface area contributed by atoms with Crippen LogP contribution >= 0.6 is 11.6 Å². The van der Waals surface area contributed by atoms with Gasteiger partial charge < -0.3 is 20.6 Å². The monoisotopic (exact) mass is 525 g/mol. The topological polar surface area (TPSA) is 125 Å². The van der Waals surface area contributed by atoms with Crippen LogP contribution in [-0.4, -0.2) is 53.0 Å². The zero-order valence-electron chi connectivity index (χ0n) is 20.4. The minimum atomic E-state index is -1.41. The van der Waals surface area contributed by atoms with E-state index in [0.717, 1.165) is 17.2 Å². The number of carboxylic acid groups (broad SMARTS) is 1. The molecule has 11 heteroatoms. The number of benzene rings is 1. The highest BCUT2D eigenvalue weighted by atomic mass is 35.5. The normalized spacial score (nSPS) is 14.2. The molecule has 0 atom stereocenters. The van der Waals surface area contributed by atoms with Gasteiger partial charge >= 0.3 is 5.97 Å².